The number of hydrogen-bond acceptors (Lipinski definition) is 8. The van der Waals surface area contributed by atoms with E-state index in [9.17, 15) is 13.2 Å². The first kappa shape index (κ1) is 26.0. The number of aryl methyl sites for hydroxylation is 3. The van der Waals surface area contributed by atoms with E-state index in [1.54, 1.807) is 34.3 Å². The summed E-state index contributed by atoms with van der Waals surface area (Å²) in [6.45, 7) is 6.15. The molecule has 0 amide bonds. The van der Waals surface area contributed by atoms with Gasteiger partial charge in [-0.15, -0.1) is 27.8 Å². The molecular weight excluding hydrogens is 541 g/mol. The Labute approximate surface area is 228 Å². The Morgan fingerprint density at radius 2 is 1.84 bits per heavy atom. The maximum Gasteiger partial charge on any atom is 0.352 e. The van der Waals surface area contributed by atoms with Gasteiger partial charge in [-0.2, -0.15) is 4.68 Å². The van der Waals surface area contributed by atoms with Crippen LogP contribution in [0, 0.1) is 13.8 Å². The van der Waals surface area contributed by atoms with Gasteiger partial charge in [-0.1, -0.05) is 37.3 Å². The average Bonchev–Trinajstić information content (AvgIpc) is 3.60. The minimum atomic E-state index is -3.80. The zero-order valence-electron chi connectivity index (χ0n) is 21.1. The number of sulfonamides is 1. The van der Waals surface area contributed by atoms with Gasteiger partial charge in [0, 0.05) is 23.1 Å². The molecule has 0 radical (unpaired) electrons. The van der Waals surface area contributed by atoms with E-state index >= 15 is 0 Å². The molecular formula is C26H26N6O3S3. The Balaban J connectivity index is 1.41. The maximum atomic E-state index is 13.2. The standard InChI is InChI=1S/C26H26N6O3S3/c1-4-7-23-29-32(22-8-5-6-14-27-22)26(33)31(23)16-19-9-11-20(12-10-19)21-13-15-36-24(21)38(34,35)30-25-28-17(2)18(3)37-25/h5-6,8-15H,4,7,16H2,1-3H3,(H,28,30). The lowest BCUT2D eigenvalue weighted by Gasteiger charge is -2.09. The van der Waals surface area contributed by atoms with Crippen molar-refractivity contribution in [3.8, 4) is 16.9 Å². The highest BCUT2D eigenvalue weighted by atomic mass is 32.2. The van der Waals surface area contributed by atoms with Crippen LogP contribution in [0.2, 0.25) is 0 Å². The van der Waals surface area contributed by atoms with Crippen molar-refractivity contribution in [3.05, 3.63) is 92.6 Å². The molecule has 1 N–H and O–H groups in total. The van der Waals surface area contributed by atoms with Crippen molar-refractivity contribution >= 4 is 37.8 Å². The molecule has 1 aromatic carbocycles. The monoisotopic (exact) mass is 566 g/mol. The van der Waals surface area contributed by atoms with Gasteiger partial charge in [0.15, 0.2) is 10.9 Å². The number of nitrogens with zero attached hydrogens (tertiary/aromatic N) is 5. The highest BCUT2D eigenvalue weighted by Crippen LogP contribution is 2.34. The highest BCUT2D eigenvalue weighted by molar-refractivity contribution is 7.95. The molecule has 0 saturated heterocycles. The molecule has 5 aromatic rings. The molecule has 0 bridgehead atoms. The van der Waals surface area contributed by atoms with Crippen LogP contribution >= 0.6 is 22.7 Å². The lowest BCUT2D eigenvalue weighted by molar-refractivity contribution is 0.603. The van der Waals surface area contributed by atoms with E-state index in [0.717, 1.165) is 39.5 Å². The Morgan fingerprint density at radius 1 is 1.05 bits per heavy atom. The number of hydrogen-bond donors (Lipinski definition) is 1. The van der Waals surface area contributed by atoms with E-state index in [1.807, 2.05) is 51.1 Å². The second-order valence-electron chi connectivity index (χ2n) is 8.72. The van der Waals surface area contributed by atoms with Gasteiger partial charge < -0.3 is 0 Å². The molecule has 9 nitrogen and oxygen atoms in total. The van der Waals surface area contributed by atoms with E-state index in [2.05, 4.69) is 19.8 Å². The molecule has 4 aromatic heterocycles. The van der Waals surface area contributed by atoms with Gasteiger partial charge in [0.25, 0.3) is 10.0 Å². The molecule has 5 rings (SSSR count). The molecule has 38 heavy (non-hydrogen) atoms. The molecule has 0 atom stereocenters. The van der Waals surface area contributed by atoms with E-state index in [4.69, 9.17) is 0 Å². The molecule has 4 heterocycles. The zero-order valence-corrected chi connectivity index (χ0v) is 23.5. The Kier molecular flexibility index (Phi) is 7.28. The summed E-state index contributed by atoms with van der Waals surface area (Å²) >= 11 is 2.48. The van der Waals surface area contributed by atoms with Crippen molar-refractivity contribution in [3.63, 3.8) is 0 Å². The number of thiazole rings is 1. The third kappa shape index (κ3) is 5.19. The second kappa shape index (κ2) is 10.6. The molecule has 12 heteroatoms. The third-order valence-corrected chi connectivity index (χ3v) is 9.95. The maximum absolute atomic E-state index is 13.2. The number of rotatable bonds is 9. The number of aromatic nitrogens is 5. The molecule has 0 aliphatic rings. The number of pyridine rings is 1. The molecule has 0 aliphatic heterocycles. The fraction of sp³-hybridized carbons (Fsp3) is 0.231. The summed E-state index contributed by atoms with van der Waals surface area (Å²) in [5.74, 6) is 1.17. The minimum absolute atomic E-state index is 0.230. The minimum Gasteiger partial charge on any atom is -0.274 e. The van der Waals surface area contributed by atoms with Crippen molar-refractivity contribution in [2.75, 3.05) is 4.72 Å². The second-order valence-corrected chi connectivity index (χ2v) is 12.7. The summed E-state index contributed by atoms with van der Waals surface area (Å²) in [6, 6.07) is 14.7. The number of anilines is 1. The zero-order chi connectivity index (χ0) is 26.9. The number of thiophene rings is 1. The fourth-order valence-electron chi connectivity index (χ4n) is 4.00. The number of nitrogens with one attached hydrogen (secondary N) is 1. The molecule has 0 saturated carbocycles. The van der Waals surface area contributed by atoms with E-state index in [0.29, 0.717) is 35.3 Å². The molecule has 0 fully saturated rings. The average molecular weight is 567 g/mol. The first-order valence-corrected chi connectivity index (χ1v) is 15.2. The van der Waals surface area contributed by atoms with Crippen LogP contribution in [-0.2, 0) is 23.0 Å². The summed E-state index contributed by atoms with van der Waals surface area (Å²) in [5, 5.41) is 6.65. The predicted molar refractivity (Wildman–Crippen MR) is 151 cm³/mol. The van der Waals surface area contributed by atoms with Crippen LogP contribution < -0.4 is 10.4 Å². The summed E-state index contributed by atoms with van der Waals surface area (Å²) < 4.78 is 32.2. The fourth-order valence-corrected chi connectivity index (χ4v) is 7.44. The Bertz CT molecular complexity index is 1710. The van der Waals surface area contributed by atoms with Gasteiger partial charge >= 0.3 is 5.69 Å². The summed E-state index contributed by atoms with van der Waals surface area (Å²) in [4.78, 5) is 22.7. The topological polar surface area (TPSA) is 112 Å². The third-order valence-electron chi connectivity index (χ3n) is 6.01. The molecule has 0 aliphatic carbocycles. The largest absolute Gasteiger partial charge is 0.352 e. The summed E-state index contributed by atoms with van der Waals surface area (Å²) in [6.07, 6.45) is 3.14. The lowest BCUT2D eigenvalue weighted by atomic mass is 10.1. The van der Waals surface area contributed by atoms with Gasteiger partial charge in [-0.25, -0.2) is 23.2 Å². The van der Waals surface area contributed by atoms with Crippen molar-refractivity contribution in [2.45, 2.75) is 44.4 Å². The molecule has 0 spiro atoms. The van der Waals surface area contributed by atoms with Crippen LogP contribution in [0.4, 0.5) is 5.13 Å². The van der Waals surface area contributed by atoms with Crippen LogP contribution in [0.25, 0.3) is 16.9 Å². The Morgan fingerprint density at radius 3 is 2.50 bits per heavy atom. The number of benzene rings is 1. The van der Waals surface area contributed by atoms with Gasteiger partial charge in [-0.05, 0) is 55.0 Å². The van der Waals surface area contributed by atoms with E-state index in [1.165, 1.54) is 16.0 Å². The quantitative estimate of drug-likeness (QED) is 0.268. The first-order valence-electron chi connectivity index (χ1n) is 12.0. The van der Waals surface area contributed by atoms with Crippen LogP contribution in [0.5, 0.6) is 0 Å². The molecule has 196 valence electrons. The van der Waals surface area contributed by atoms with Crippen molar-refractivity contribution < 1.29 is 8.42 Å². The van der Waals surface area contributed by atoms with E-state index < -0.39 is 10.0 Å². The van der Waals surface area contributed by atoms with Gasteiger partial charge in [-0.3, -0.25) is 9.29 Å². The van der Waals surface area contributed by atoms with E-state index in [-0.39, 0.29) is 9.90 Å². The van der Waals surface area contributed by atoms with Crippen LogP contribution in [-0.4, -0.2) is 32.7 Å². The molecule has 0 unspecified atom stereocenters. The smallest absolute Gasteiger partial charge is 0.274 e. The van der Waals surface area contributed by atoms with Crippen LogP contribution in [0.15, 0.2) is 69.1 Å². The van der Waals surface area contributed by atoms with Gasteiger partial charge in [0.2, 0.25) is 0 Å². The van der Waals surface area contributed by atoms with Crippen molar-refractivity contribution in [1.82, 2.24) is 24.3 Å². The lowest BCUT2D eigenvalue weighted by Crippen LogP contribution is -2.25. The van der Waals surface area contributed by atoms with Gasteiger partial charge in [0.1, 0.15) is 10.0 Å². The van der Waals surface area contributed by atoms with Crippen LogP contribution in [0.3, 0.4) is 0 Å². The Hall–Kier alpha value is -3.61. The summed E-state index contributed by atoms with van der Waals surface area (Å²) in [5.41, 5.74) is 2.85. The SMILES string of the molecule is CCCc1nn(-c2ccccn2)c(=O)n1Cc1ccc(-c2ccsc2S(=O)(=O)Nc2nc(C)c(C)s2)cc1. The normalized spacial score (nSPS) is 11.7. The highest BCUT2D eigenvalue weighted by Gasteiger charge is 2.23. The van der Waals surface area contributed by atoms with Crippen molar-refractivity contribution in [1.29, 1.82) is 0 Å². The first-order chi connectivity index (χ1) is 18.3. The van der Waals surface area contributed by atoms with Crippen LogP contribution in [0.1, 0.15) is 35.3 Å². The predicted octanol–water partition coefficient (Wildman–Crippen LogP) is 5.03. The summed E-state index contributed by atoms with van der Waals surface area (Å²) in [7, 11) is -3.80. The van der Waals surface area contributed by atoms with Crippen molar-refractivity contribution in [2.24, 2.45) is 0 Å². The van der Waals surface area contributed by atoms with Gasteiger partial charge in [0.05, 0.1) is 12.2 Å².